The molecule has 7 heteroatoms. The Hall–Kier alpha value is -2.83. The van der Waals surface area contributed by atoms with E-state index in [2.05, 4.69) is 27.7 Å². The van der Waals surface area contributed by atoms with Gasteiger partial charge in [-0.25, -0.2) is 8.78 Å². The number of anilines is 1. The first-order chi connectivity index (χ1) is 14.6. The van der Waals surface area contributed by atoms with Crippen molar-refractivity contribution in [3.05, 3.63) is 59.7 Å². The highest BCUT2D eigenvalue weighted by Gasteiger charge is 2.23. The second-order valence-electron chi connectivity index (χ2n) is 7.44. The molecular formula is C23H30F2N4O. The molecule has 162 valence electrons. The molecule has 1 saturated heterocycles. The highest BCUT2D eigenvalue weighted by molar-refractivity contribution is 5.79. The number of hydrogen-bond donors (Lipinski definition) is 2. The zero-order chi connectivity index (χ0) is 21.3. The molecule has 0 aliphatic carbocycles. The molecule has 0 spiro atoms. The van der Waals surface area contributed by atoms with E-state index >= 15 is 0 Å². The summed E-state index contributed by atoms with van der Waals surface area (Å²) in [5, 5.41) is 6.66. The predicted octanol–water partition coefficient (Wildman–Crippen LogP) is 3.60. The topological polar surface area (TPSA) is 48.9 Å². The van der Waals surface area contributed by atoms with Crippen molar-refractivity contribution >= 4 is 11.6 Å². The lowest BCUT2D eigenvalue weighted by Crippen LogP contribution is -2.38. The summed E-state index contributed by atoms with van der Waals surface area (Å²) in [6.07, 6.45) is 1.87. The Kier molecular flexibility index (Phi) is 7.88. The fourth-order valence-corrected chi connectivity index (χ4v) is 3.58. The van der Waals surface area contributed by atoms with Crippen molar-refractivity contribution < 1.29 is 13.5 Å². The number of rotatable bonds is 8. The van der Waals surface area contributed by atoms with Crippen molar-refractivity contribution in [3.8, 4) is 5.75 Å². The van der Waals surface area contributed by atoms with Crippen molar-refractivity contribution in [2.45, 2.75) is 19.8 Å². The molecule has 30 heavy (non-hydrogen) atoms. The summed E-state index contributed by atoms with van der Waals surface area (Å²) >= 11 is 0. The van der Waals surface area contributed by atoms with Crippen LogP contribution in [0.25, 0.3) is 0 Å². The molecule has 1 aliphatic heterocycles. The van der Waals surface area contributed by atoms with Crippen molar-refractivity contribution in [1.29, 1.82) is 0 Å². The van der Waals surface area contributed by atoms with E-state index in [1.165, 1.54) is 17.7 Å². The van der Waals surface area contributed by atoms with E-state index < -0.39 is 11.6 Å². The molecule has 0 bridgehead atoms. The fourth-order valence-electron chi connectivity index (χ4n) is 3.58. The van der Waals surface area contributed by atoms with Crippen LogP contribution >= 0.6 is 0 Å². The lowest BCUT2D eigenvalue weighted by molar-refractivity contribution is 0.414. The molecule has 0 aromatic heterocycles. The summed E-state index contributed by atoms with van der Waals surface area (Å²) in [5.74, 6) is 0.433. The van der Waals surface area contributed by atoms with Gasteiger partial charge in [-0.3, -0.25) is 4.99 Å². The van der Waals surface area contributed by atoms with E-state index in [1.807, 2.05) is 19.1 Å². The van der Waals surface area contributed by atoms with Gasteiger partial charge >= 0.3 is 0 Å². The van der Waals surface area contributed by atoms with Gasteiger partial charge in [-0.1, -0.05) is 12.1 Å². The van der Waals surface area contributed by atoms with Gasteiger partial charge in [0, 0.05) is 44.5 Å². The minimum Gasteiger partial charge on any atom is -0.497 e. The zero-order valence-corrected chi connectivity index (χ0v) is 17.6. The van der Waals surface area contributed by atoms with Gasteiger partial charge in [-0.15, -0.1) is 0 Å². The quantitative estimate of drug-likeness (QED) is 0.510. The number of nitrogens with zero attached hydrogens (tertiary/aromatic N) is 2. The Bertz CT molecular complexity index is 842. The van der Waals surface area contributed by atoms with Crippen LogP contribution in [0.4, 0.5) is 14.5 Å². The Morgan fingerprint density at radius 3 is 2.63 bits per heavy atom. The summed E-state index contributed by atoms with van der Waals surface area (Å²) < 4.78 is 31.8. The smallest absolute Gasteiger partial charge is 0.191 e. The molecule has 1 fully saturated rings. The van der Waals surface area contributed by atoms with Gasteiger partial charge in [0.05, 0.1) is 7.11 Å². The molecule has 5 nitrogen and oxygen atoms in total. The number of nitrogens with one attached hydrogen (secondary N) is 2. The maximum atomic E-state index is 13.5. The standard InChI is InChI=1S/C23H30F2N4O/c1-3-26-23(27-12-10-17-4-7-20(30-2)8-5-17)28-15-18-11-13-29(16-18)19-6-9-21(24)22(25)14-19/h4-9,14,18H,3,10-13,15-16H2,1-2H3,(H2,26,27,28). The van der Waals surface area contributed by atoms with Gasteiger partial charge in [0.1, 0.15) is 5.75 Å². The van der Waals surface area contributed by atoms with Crippen LogP contribution < -0.4 is 20.3 Å². The first-order valence-corrected chi connectivity index (χ1v) is 10.4. The summed E-state index contributed by atoms with van der Waals surface area (Å²) in [5.41, 5.74) is 1.96. The van der Waals surface area contributed by atoms with E-state index in [4.69, 9.17) is 9.73 Å². The van der Waals surface area contributed by atoms with Crippen LogP contribution in [0, 0.1) is 17.6 Å². The second-order valence-corrected chi connectivity index (χ2v) is 7.44. The molecule has 1 atom stereocenters. The first-order valence-electron chi connectivity index (χ1n) is 10.4. The van der Waals surface area contributed by atoms with Crippen LogP contribution in [-0.4, -0.2) is 45.8 Å². The van der Waals surface area contributed by atoms with Crippen LogP contribution in [0.1, 0.15) is 18.9 Å². The van der Waals surface area contributed by atoms with Crippen molar-refractivity contribution in [2.75, 3.05) is 44.7 Å². The number of hydrogen-bond acceptors (Lipinski definition) is 3. The zero-order valence-electron chi connectivity index (χ0n) is 17.6. The molecule has 1 heterocycles. The van der Waals surface area contributed by atoms with Crippen LogP contribution in [0.2, 0.25) is 0 Å². The Labute approximate surface area is 177 Å². The van der Waals surface area contributed by atoms with Gasteiger partial charge in [0.25, 0.3) is 0 Å². The largest absolute Gasteiger partial charge is 0.497 e. The molecule has 2 N–H and O–H groups in total. The Balaban J connectivity index is 1.48. The molecule has 3 rings (SSSR count). The third-order valence-corrected chi connectivity index (χ3v) is 5.27. The van der Waals surface area contributed by atoms with Gasteiger partial charge in [-0.2, -0.15) is 0 Å². The fraction of sp³-hybridized carbons (Fsp3) is 0.435. The number of methoxy groups -OCH3 is 1. The Morgan fingerprint density at radius 2 is 1.93 bits per heavy atom. The molecule has 1 aliphatic rings. The molecule has 1 unspecified atom stereocenters. The minimum absolute atomic E-state index is 0.384. The Morgan fingerprint density at radius 1 is 1.13 bits per heavy atom. The second kappa shape index (κ2) is 10.8. The van der Waals surface area contributed by atoms with Gasteiger partial charge in [0.15, 0.2) is 17.6 Å². The third-order valence-electron chi connectivity index (χ3n) is 5.27. The average Bonchev–Trinajstić information content (AvgIpc) is 3.23. The third kappa shape index (κ3) is 6.08. The van der Waals surface area contributed by atoms with E-state index in [9.17, 15) is 8.78 Å². The van der Waals surface area contributed by atoms with Crippen LogP contribution in [-0.2, 0) is 6.42 Å². The maximum Gasteiger partial charge on any atom is 0.191 e. The molecule has 2 aromatic carbocycles. The molecule has 0 saturated carbocycles. The normalized spacial score (nSPS) is 16.6. The minimum atomic E-state index is -0.810. The highest BCUT2D eigenvalue weighted by Crippen LogP contribution is 2.25. The van der Waals surface area contributed by atoms with E-state index in [0.717, 1.165) is 56.4 Å². The summed E-state index contributed by atoms with van der Waals surface area (Å²) in [4.78, 5) is 6.82. The monoisotopic (exact) mass is 416 g/mol. The van der Waals surface area contributed by atoms with E-state index in [1.54, 1.807) is 13.2 Å². The maximum absolute atomic E-state index is 13.5. The highest BCUT2D eigenvalue weighted by atomic mass is 19.2. The summed E-state index contributed by atoms with van der Waals surface area (Å²) in [7, 11) is 1.66. The molecular weight excluding hydrogens is 386 g/mol. The van der Waals surface area contributed by atoms with Crippen LogP contribution in [0.5, 0.6) is 5.75 Å². The van der Waals surface area contributed by atoms with Gasteiger partial charge in [0.2, 0.25) is 0 Å². The van der Waals surface area contributed by atoms with Crippen LogP contribution in [0.3, 0.4) is 0 Å². The van der Waals surface area contributed by atoms with Crippen molar-refractivity contribution in [1.82, 2.24) is 10.6 Å². The van der Waals surface area contributed by atoms with E-state index in [-0.39, 0.29) is 0 Å². The van der Waals surface area contributed by atoms with E-state index in [0.29, 0.717) is 12.5 Å². The summed E-state index contributed by atoms with van der Waals surface area (Å²) in [6, 6.07) is 12.2. The lowest BCUT2D eigenvalue weighted by atomic mass is 10.1. The van der Waals surface area contributed by atoms with Crippen LogP contribution in [0.15, 0.2) is 47.5 Å². The van der Waals surface area contributed by atoms with Gasteiger partial charge < -0.3 is 20.3 Å². The number of aliphatic imine (C=N–C) groups is 1. The van der Waals surface area contributed by atoms with Gasteiger partial charge in [-0.05, 0) is 55.5 Å². The average molecular weight is 417 g/mol. The van der Waals surface area contributed by atoms with Crippen molar-refractivity contribution in [3.63, 3.8) is 0 Å². The number of ether oxygens (including phenoxy) is 1. The SMILES string of the molecule is CCNC(=NCC1CCN(c2ccc(F)c(F)c2)C1)NCCc1ccc(OC)cc1. The lowest BCUT2D eigenvalue weighted by Gasteiger charge is -2.18. The van der Waals surface area contributed by atoms with Crippen molar-refractivity contribution in [2.24, 2.45) is 10.9 Å². The number of guanidine groups is 1. The molecule has 0 radical (unpaired) electrons. The summed E-state index contributed by atoms with van der Waals surface area (Å²) in [6.45, 7) is 5.93. The first kappa shape index (κ1) is 21.9. The number of benzene rings is 2. The number of halogens is 2. The molecule has 0 amide bonds. The molecule has 2 aromatic rings. The predicted molar refractivity (Wildman–Crippen MR) is 117 cm³/mol.